The molecule has 0 spiro atoms. The van der Waals surface area contributed by atoms with Crippen molar-refractivity contribution < 1.29 is 19.4 Å². The Morgan fingerprint density at radius 3 is 2.80 bits per heavy atom. The van der Waals surface area contributed by atoms with E-state index < -0.39 is 5.97 Å². The van der Waals surface area contributed by atoms with Crippen LogP contribution in [0.2, 0.25) is 5.02 Å². The van der Waals surface area contributed by atoms with Gasteiger partial charge in [0.1, 0.15) is 0 Å². The monoisotopic (exact) mass is 301 g/mol. The minimum Gasteiger partial charge on any atom is -0.478 e. The molecule has 1 aromatic rings. The summed E-state index contributed by atoms with van der Waals surface area (Å²) in [7, 11) is 1.64. The van der Waals surface area contributed by atoms with E-state index in [4.69, 9.17) is 26.2 Å². The number of anilines is 1. The highest BCUT2D eigenvalue weighted by Gasteiger charge is 2.09. The molecule has 0 fully saturated rings. The van der Waals surface area contributed by atoms with Gasteiger partial charge in [0.05, 0.1) is 24.5 Å². The number of ether oxygens (including phenoxy) is 2. The van der Waals surface area contributed by atoms with E-state index in [9.17, 15) is 4.79 Å². The molecule has 0 saturated carbocycles. The van der Waals surface area contributed by atoms with Gasteiger partial charge in [-0.2, -0.15) is 0 Å². The lowest BCUT2D eigenvalue weighted by Crippen LogP contribution is -2.09. The minimum absolute atomic E-state index is 0.228. The van der Waals surface area contributed by atoms with E-state index in [1.807, 2.05) is 0 Å². The number of hydrogen-bond donors (Lipinski definition) is 2. The first-order valence-corrected chi connectivity index (χ1v) is 6.86. The zero-order valence-electron chi connectivity index (χ0n) is 11.5. The second-order valence-corrected chi connectivity index (χ2v) is 4.67. The van der Waals surface area contributed by atoms with Gasteiger partial charge in [-0.05, 0) is 31.0 Å². The molecule has 0 saturated heterocycles. The zero-order valence-corrected chi connectivity index (χ0v) is 12.3. The van der Waals surface area contributed by atoms with Crippen LogP contribution in [0, 0.1) is 0 Å². The molecule has 6 heteroatoms. The summed E-state index contributed by atoms with van der Waals surface area (Å²) in [6.07, 6.45) is 1.79. The van der Waals surface area contributed by atoms with Crippen LogP contribution in [0.1, 0.15) is 23.2 Å². The van der Waals surface area contributed by atoms with Gasteiger partial charge in [0.2, 0.25) is 0 Å². The maximum absolute atomic E-state index is 11.1. The average molecular weight is 302 g/mol. The molecule has 0 aliphatic rings. The summed E-state index contributed by atoms with van der Waals surface area (Å²) in [5, 5.41) is 12.7. The SMILES string of the molecule is COCCOCCCCNc1cc(Cl)ccc1C(=O)O. The first kappa shape index (κ1) is 16.8. The largest absolute Gasteiger partial charge is 0.478 e. The van der Waals surface area contributed by atoms with Crippen LogP contribution >= 0.6 is 11.6 Å². The maximum atomic E-state index is 11.1. The van der Waals surface area contributed by atoms with E-state index in [-0.39, 0.29) is 5.56 Å². The van der Waals surface area contributed by atoms with Crippen LogP contribution < -0.4 is 5.32 Å². The van der Waals surface area contributed by atoms with Crippen molar-refractivity contribution >= 4 is 23.3 Å². The van der Waals surface area contributed by atoms with Gasteiger partial charge in [0, 0.05) is 25.3 Å². The summed E-state index contributed by atoms with van der Waals surface area (Å²) < 4.78 is 10.2. The Hall–Kier alpha value is -1.30. The number of hydrogen-bond acceptors (Lipinski definition) is 4. The van der Waals surface area contributed by atoms with E-state index in [2.05, 4.69) is 5.32 Å². The fraction of sp³-hybridized carbons (Fsp3) is 0.500. The molecule has 0 unspecified atom stereocenters. The van der Waals surface area contributed by atoms with Crippen molar-refractivity contribution in [1.29, 1.82) is 0 Å². The number of methoxy groups -OCH3 is 1. The predicted molar refractivity (Wildman–Crippen MR) is 78.8 cm³/mol. The number of halogens is 1. The van der Waals surface area contributed by atoms with Gasteiger partial charge < -0.3 is 19.9 Å². The quantitative estimate of drug-likeness (QED) is 0.650. The topological polar surface area (TPSA) is 67.8 Å². The molecule has 0 bridgehead atoms. The van der Waals surface area contributed by atoms with Gasteiger partial charge >= 0.3 is 5.97 Å². The van der Waals surface area contributed by atoms with Crippen LogP contribution in [0.4, 0.5) is 5.69 Å². The van der Waals surface area contributed by atoms with Crippen LogP contribution in [0.15, 0.2) is 18.2 Å². The van der Waals surface area contributed by atoms with Crippen molar-refractivity contribution in [1.82, 2.24) is 0 Å². The second kappa shape index (κ2) is 9.58. The predicted octanol–water partition coefficient (Wildman–Crippen LogP) is 2.89. The summed E-state index contributed by atoms with van der Waals surface area (Å²) in [5.74, 6) is -0.966. The number of unbranched alkanes of at least 4 members (excludes halogenated alkanes) is 1. The van der Waals surface area contributed by atoms with E-state index >= 15 is 0 Å². The average Bonchev–Trinajstić information content (AvgIpc) is 2.41. The Kier molecular flexibility index (Phi) is 8.02. The first-order valence-electron chi connectivity index (χ1n) is 6.48. The van der Waals surface area contributed by atoms with Crippen molar-refractivity contribution in [2.24, 2.45) is 0 Å². The minimum atomic E-state index is -0.966. The van der Waals surface area contributed by atoms with Crippen molar-refractivity contribution in [2.75, 3.05) is 38.8 Å². The Morgan fingerprint density at radius 2 is 2.10 bits per heavy atom. The summed E-state index contributed by atoms with van der Waals surface area (Å²) >= 11 is 5.87. The third-order valence-electron chi connectivity index (χ3n) is 2.67. The molecule has 0 aliphatic carbocycles. The van der Waals surface area contributed by atoms with Crippen LogP contribution in [-0.4, -0.2) is 44.6 Å². The number of carbonyl (C=O) groups is 1. The zero-order chi connectivity index (χ0) is 14.8. The van der Waals surface area contributed by atoms with Gasteiger partial charge in [0.15, 0.2) is 0 Å². The van der Waals surface area contributed by atoms with Gasteiger partial charge in [-0.25, -0.2) is 4.79 Å². The molecule has 5 nitrogen and oxygen atoms in total. The first-order chi connectivity index (χ1) is 9.65. The number of carboxylic acids is 1. The van der Waals surface area contributed by atoms with Gasteiger partial charge in [0.25, 0.3) is 0 Å². The summed E-state index contributed by atoms with van der Waals surface area (Å²) in [5.41, 5.74) is 0.774. The number of carboxylic acid groups (broad SMARTS) is 1. The lowest BCUT2D eigenvalue weighted by Gasteiger charge is -2.10. The van der Waals surface area contributed by atoms with Gasteiger partial charge in [-0.15, -0.1) is 0 Å². The van der Waals surface area contributed by atoms with Crippen molar-refractivity contribution in [3.8, 4) is 0 Å². The summed E-state index contributed by atoms with van der Waals surface area (Å²) in [6.45, 7) is 2.55. The highest BCUT2D eigenvalue weighted by atomic mass is 35.5. The molecule has 0 heterocycles. The van der Waals surface area contributed by atoms with E-state index in [1.54, 1.807) is 19.2 Å². The molecule has 0 atom stereocenters. The normalized spacial score (nSPS) is 10.5. The molecule has 0 amide bonds. The highest BCUT2D eigenvalue weighted by Crippen LogP contribution is 2.21. The van der Waals surface area contributed by atoms with Crippen LogP contribution in [-0.2, 0) is 9.47 Å². The molecule has 0 aliphatic heterocycles. The van der Waals surface area contributed by atoms with E-state index in [0.29, 0.717) is 37.1 Å². The third kappa shape index (κ3) is 6.23. The van der Waals surface area contributed by atoms with Crippen molar-refractivity contribution in [2.45, 2.75) is 12.8 Å². The van der Waals surface area contributed by atoms with Crippen molar-refractivity contribution in [3.05, 3.63) is 28.8 Å². The number of benzene rings is 1. The molecule has 1 aromatic carbocycles. The Labute approximate surface area is 123 Å². The summed E-state index contributed by atoms with van der Waals surface area (Å²) in [4.78, 5) is 11.1. The molecule has 0 aromatic heterocycles. The van der Waals surface area contributed by atoms with Crippen LogP contribution in [0.3, 0.4) is 0 Å². The molecule has 2 N–H and O–H groups in total. The van der Waals surface area contributed by atoms with Gasteiger partial charge in [-0.1, -0.05) is 11.6 Å². The number of nitrogens with one attached hydrogen (secondary N) is 1. The second-order valence-electron chi connectivity index (χ2n) is 4.23. The maximum Gasteiger partial charge on any atom is 0.337 e. The lowest BCUT2D eigenvalue weighted by atomic mass is 10.1. The fourth-order valence-corrected chi connectivity index (χ4v) is 1.82. The molecule has 112 valence electrons. The number of rotatable bonds is 10. The van der Waals surface area contributed by atoms with Crippen LogP contribution in [0.25, 0.3) is 0 Å². The lowest BCUT2D eigenvalue weighted by molar-refractivity contribution is 0.0690. The van der Waals surface area contributed by atoms with E-state index in [0.717, 1.165) is 12.8 Å². The third-order valence-corrected chi connectivity index (χ3v) is 2.91. The molecular weight excluding hydrogens is 282 g/mol. The molecule has 0 radical (unpaired) electrons. The molecule has 1 rings (SSSR count). The molecular formula is C14H20ClNO4. The molecule has 20 heavy (non-hydrogen) atoms. The van der Waals surface area contributed by atoms with E-state index in [1.165, 1.54) is 6.07 Å². The highest BCUT2D eigenvalue weighted by molar-refractivity contribution is 6.31. The smallest absolute Gasteiger partial charge is 0.337 e. The number of aromatic carboxylic acids is 1. The van der Waals surface area contributed by atoms with Gasteiger partial charge in [-0.3, -0.25) is 0 Å². The Bertz CT molecular complexity index is 426. The van der Waals surface area contributed by atoms with Crippen molar-refractivity contribution in [3.63, 3.8) is 0 Å². The Balaban J connectivity index is 2.28. The standard InChI is InChI=1S/C14H20ClNO4/c1-19-8-9-20-7-3-2-6-16-13-10-11(15)4-5-12(13)14(17)18/h4-5,10,16H,2-3,6-9H2,1H3,(H,17,18). The Morgan fingerprint density at radius 1 is 1.30 bits per heavy atom. The van der Waals surface area contributed by atoms with Crippen LogP contribution in [0.5, 0.6) is 0 Å². The fourth-order valence-electron chi connectivity index (χ4n) is 1.65. The summed E-state index contributed by atoms with van der Waals surface area (Å²) in [6, 6.07) is 4.70.